The quantitative estimate of drug-likeness (QED) is 0.687. The summed E-state index contributed by atoms with van der Waals surface area (Å²) < 4.78 is 1.75. The van der Waals surface area contributed by atoms with Crippen molar-refractivity contribution in [3.63, 3.8) is 0 Å². The highest BCUT2D eigenvalue weighted by molar-refractivity contribution is 5.37. The zero-order valence-electron chi connectivity index (χ0n) is 6.64. The highest BCUT2D eigenvalue weighted by Crippen LogP contribution is 2.02. The van der Waals surface area contributed by atoms with Gasteiger partial charge in [-0.3, -0.25) is 0 Å². The SMILES string of the molecule is NCCc1ccc2ncnn2c1. The van der Waals surface area contributed by atoms with Crippen molar-refractivity contribution in [1.82, 2.24) is 14.6 Å². The molecule has 62 valence electrons. The molecule has 2 N–H and O–H groups in total. The van der Waals surface area contributed by atoms with Crippen LogP contribution in [0.2, 0.25) is 0 Å². The molecule has 0 radical (unpaired) electrons. The first kappa shape index (κ1) is 7.24. The van der Waals surface area contributed by atoms with E-state index in [0.717, 1.165) is 12.1 Å². The van der Waals surface area contributed by atoms with Crippen molar-refractivity contribution >= 4 is 5.65 Å². The maximum atomic E-state index is 5.43. The van der Waals surface area contributed by atoms with Crippen LogP contribution >= 0.6 is 0 Å². The molecule has 2 aromatic heterocycles. The molecule has 0 aliphatic carbocycles. The second kappa shape index (κ2) is 2.91. The first-order chi connectivity index (χ1) is 5.90. The monoisotopic (exact) mass is 162 g/mol. The first-order valence-electron chi connectivity index (χ1n) is 3.88. The van der Waals surface area contributed by atoms with Gasteiger partial charge in [0.25, 0.3) is 0 Å². The molecule has 2 aromatic rings. The van der Waals surface area contributed by atoms with E-state index in [9.17, 15) is 0 Å². The second-order valence-electron chi connectivity index (χ2n) is 2.64. The minimum Gasteiger partial charge on any atom is -0.330 e. The fourth-order valence-electron chi connectivity index (χ4n) is 1.17. The molecule has 12 heavy (non-hydrogen) atoms. The van der Waals surface area contributed by atoms with Gasteiger partial charge >= 0.3 is 0 Å². The van der Waals surface area contributed by atoms with E-state index in [1.807, 2.05) is 18.3 Å². The van der Waals surface area contributed by atoms with Gasteiger partial charge < -0.3 is 5.73 Å². The van der Waals surface area contributed by atoms with E-state index < -0.39 is 0 Å². The Morgan fingerprint density at radius 1 is 1.42 bits per heavy atom. The average molecular weight is 162 g/mol. The minimum absolute atomic E-state index is 0.667. The number of fused-ring (bicyclic) bond motifs is 1. The number of aromatic nitrogens is 3. The van der Waals surface area contributed by atoms with Crippen LogP contribution < -0.4 is 5.73 Å². The average Bonchev–Trinajstić information content (AvgIpc) is 2.51. The predicted octanol–water partition coefficient (Wildman–Crippen LogP) is 0.230. The first-order valence-corrected chi connectivity index (χ1v) is 3.88. The number of pyridine rings is 1. The van der Waals surface area contributed by atoms with Crippen LogP contribution in [0, 0.1) is 0 Å². The third-order valence-electron chi connectivity index (χ3n) is 1.77. The van der Waals surface area contributed by atoms with Crippen LogP contribution in [-0.4, -0.2) is 21.1 Å². The van der Waals surface area contributed by atoms with Gasteiger partial charge in [-0.25, -0.2) is 9.50 Å². The van der Waals surface area contributed by atoms with Crippen molar-refractivity contribution < 1.29 is 0 Å². The summed E-state index contributed by atoms with van der Waals surface area (Å²) in [6.07, 6.45) is 4.38. The van der Waals surface area contributed by atoms with Gasteiger partial charge in [0.15, 0.2) is 5.65 Å². The van der Waals surface area contributed by atoms with Crippen LogP contribution in [0.15, 0.2) is 24.7 Å². The lowest BCUT2D eigenvalue weighted by Gasteiger charge is -1.97. The van der Waals surface area contributed by atoms with Crippen molar-refractivity contribution in [2.24, 2.45) is 5.73 Å². The number of hydrogen-bond donors (Lipinski definition) is 1. The highest BCUT2D eigenvalue weighted by Gasteiger charge is 1.95. The number of nitrogens with zero attached hydrogens (tertiary/aromatic N) is 3. The summed E-state index contributed by atoms with van der Waals surface area (Å²) in [4.78, 5) is 4.04. The Kier molecular flexibility index (Phi) is 1.75. The molecular weight excluding hydrogens is 152 g/mol. The van der Waals surface area contributed by atoms with E-state index in [-0.39, 0.29) is 0 Å². The van der Waals surface area contributed by atoms with E-state index in [2.05, 4.69) is 10.1 Å². The van der Waals surface area contributed by atoms with Gasteiger partial charge in [-0.1, -0.05) is 6.07 Å². The fourth-order valence-corrected chi connectivity index (χ4v) is 1.17. The molecule has 0 aliphatic heterocycles. The van der Waals surface area contributed by atoms with Gasteiger partial charge in [0.2, 0.25) is 0 Å². The van der Waals surface area contributed by atoms with Crippen LogP contribution in [0.5, 0.6) is 0 Å². The van der Waals surface area contributed by atoms with E-state index in [1.54, 1.807) is 10.8 Å². The maximum Gasteiger partial charge on any atom is 0.155 e. The predicted molar refractivity (Wildman–Crippen MR) is 45.7 cm³/mol. The number of rotatable bonds is 2. The number of hydrogen-bond acceptors (Lipinski definition) is 3. The van der Waals surface area contributed by atoms with E-state index in [1.165, 1.54) is 5.56 Å². The lowest BCUT2D eigenvalue weighted by atomic mass is 10.2. The van der Waals surface area contributed by atoms with Crippen LogP contribution in [0.1, 0.15) is 5.56 Å². The molecule has 0 aromatic carbocycles. The van der Waals surface area contributed by atoms with Crippen molar-refractivity contribution in [1.29, 1.82) is 0 Å². The summed E-state index contributed by atoms with van der Waals surface area (Å²) >= 11 is 0. The molecule has 0 aliphatic rings. The lowest BCUT2D eigenvalue weighted by molar-refractivity contribution is 0.906. The zero-order chi connectivity index (χ0) is 8.39. The third-order valence-corrected chi connectivity index (χ3v) is 1.77. The Hall–Kier alpha value is -1.42. The normalized spacial score (nSPS) is 10.8. The topological polar surface area (TPSA) is 56.2 Å². The van der Waals surface area contributed by atoms with Gasteiger partial charge in [-0.2, -0.15) is 5.10 Å². The molecule has 0 unspecified atom stereocenters. The Morgan fingerprint density at radius 3 is 3.17 bits per heavy atom. The van der Waals surface area contributed by atoms with E-state index in [0.29, 0.717) is 6.54 Å². The molecule has 2 rings (SSSR count). The summed E-state index contributed by atoms with van der Waals surface area (Å²) in [5.74, 6) is 0. The molecule has 0 saturated carbocycles. The standard InChI is InChI=1S/C8H10N4/c9-4-3-7-1-2-8-10-6-11-12(8)5-7/h1-2,5-6H,3-4,9H2. The van der Waals surface area contributed by atoms with Crippen LogP contribution in [0.25, 0.3) is 5.65 Å². The molecule has 0 amide bonds. The Labute approximate surface area is 70.0 Å². The van der Waals surface area contributed by atoms with E-state index >= 15 is 0 Å². The van der Waals surface area contributed by atoms with Crippen LogP contribution in [-0.2, 0) is 6.42 Å². The fraction of sp³-hybridized carbons (Fsp3) is 0.250. The number of nitrogens with two attached hydrogens (primary N) is 1. The van der Waals surface area contributed by atoms with Gasteiger partial charge in [0, 0.05) is 6.20 Å². The third kappa shape index (κ3) is 1.16. The minimum atomic E-state index is 0.667. The molecule has 0 atom stereocenters. The second-order valence-corrected chi connectivity index (χ2v) is 2.64. The van der Waals surface area contributed by atoms with Gasteiger partial charge in [-0.15, -0.1) is 0 Å². The van der Waals surface area contributed by atoms with Crippen LogP contribution in [0.3, 0.4) is 0 Å². The summed E-state index contributed by atoms with van der Waals surface area (Å²) in [6.45, 7) is 0.667. The Balaban J connectivity index is 2.46. The van der Waals surface area contributed by atoms with Crippen molar-refractivity contribution in [2.75, 3.05) is 6.54 Å². The highest BCUT2D eigenvalue weighted by atomic mass is 15.3. The van der Waals surface area contributed by atoms with Gasteiger partial charge in [0.05, 0.1) is 0 Å². The molecule has 4 nitrogen and oxygen atoms in total. The van der Waals surface area contributed by atoms with Crippen molar-refractivity contribution in [2.45, 2.75) is 6.42 Å². The van der Waals surface area contributed by atoms with Crippen molar-refractivity contribution in [3.8, 4) is 0 Å². The Morgan fingerprint density at radius 2 is 2.33 bits per heavy atom. The smallest absolute Gasteiger partial charge is 0.155 e. The molecule has 4 heteroatoms. The molecule has 0 saturated heterocycles. The van der Waals surface area contributed by atoms with E-state index in [4.69, 9.17) is 5.73 Å². The summed E-state index contributed by atoms with van der Waals surface area (Å²) in [7, 11) is 0. The maximum absolute atomic E-state index is 5.43. The van der Waals surface area contributed by atoms with Gasteiger partial charge in [0.1, 0.15) is 6.33 Å². The summed E-state index contributed by atoms with van der Waals surface area (Å²) in [5, 5.41) is 4.03. The molecule has 0 bridgehead atoms. The molecule has 2 heterocycles. The molecular formula is C8H10N4. The van der Waals surface area contributed by atoms with Crippen molar-refractivity contribution in [3.05, 3.63) is 30.2 Å². The zero-order valence-corrected chi connectivity index (χ0v) is 6.64. The Bertz CT molecular complexity index is 379. The summed E-state index contributed by atoms with van der Waals surface area (Å²) in [6, 6.07) is 3.97. The lowest BCUT2D eigenvalue weighted by Crippen LogP contribution is -2.03. The summed E-state index contributed by atoms with van der Waals surface area (Å²) in [5.41, 5.74) is 7.50. The van der Waals surface area contributed by atoms with Crippen LogP contribution in [0.4, 0.5) is 0 Å². The van der Waals surface area contributed by atoms with Gasteiger partial charge in [-0.05, 0) is 24.6 Å². The largest absolute Gasteiger partial charge is 0.330 e. The molecule has 0 spiro atoms. The molecule has 0 fully saturated rings.